The molecule has 1 N–H and O–H groups in total. The second-order valence-electron chi connectivity index (χ2n) is 9.41. The number of halogens is 1. The number of nitrogens with one attached hydrogen (secondary N) is 1. The van der Waals surface area contributed by atoms with Gasteiger partial charge in [0.2, 0.25) is 5.91 Å². The molecule has 1 heterocycles. The predicted molar refractivity (Wildman–Crippen MR) is 169 cm³/mol. The summed E-state index contributed by atoms with van der Waals surface area (Å²) in [6.07, 6.45) is 1.56. The molecule has 5 rings (SSSR count). The van der Waals surface area contributed by atoms with Crippen LogP contribution >= 0.6 is 27.7 Å². The molecule has 0 spiro atoms. The number of amides is 3. The second kappa shape index (κ2) is 12.6. The maximum Gasteiger partial charge on any atom is 0.339 e. The van der Waals surface area contributed by atoms with Gasteiger partial charge >= 0.3 is 10.1 Å². The SMILES string of the molecule is CCOc1cc(/C=C2\SC(=O)N(Cc3cccc4ccccc34)C2=O)cc(Br)c1OS(=O)(=O)c1ccc(NC(C)=O)cc1. The topological polar surface area (TPSA) is 119 Å². The number of thioether (sulfide) groups is 1. The first kappa shape index (κ1) is 30.3. The molecular weight excluding hydrogens is 656 g/mol. The van der Waals surface area contributed by atoms with E-state index in [2.05, 4.69) is 21.2 Å². The van der Waals surface area contributed by atoms with Gasteiger partial charge in [-0.05, 0) is 99.0 Å². The van der Waals surface area contributed by atoms with Crippen molar-refractivity contribution in [1.29, 1.82) is 0 Å². The molecule has 0 radical (unpaired) electrons. The lowest BCUT2D eigenvalue weighted by atomic mass is 10.0. The highest BCUT2D eigenvalue weighted by molar-refractivity contribution is 9.10. The summed E-state index contributed by atoms with van der Waals surface area (Å²) in [7, 11) is -4.27. The molecule has 0 unspecified atom stereocenters. The van der Waals surface area contributed by atoms with E-state index in [0.717, 1.165) is 28.1 Å². The second-order valence-corrected chi connectivity index (χ2v) is 12.8. The number of imide groups is 1. The lowest BCUT2D eigenvalue weighted by molar-refractivity contribution is -0.123. The molecule has 1 fully saturated rings. The van der Waals surface area contributed by atoms with Crippen molar-refractivity contribution in [2.75, 3.05) is 11.9 Å². The smallest absolute Gasteiger partial charge is 0.339 e. The normalized spacial score (nSPS) is 14.4. The van der Waals surface area contributed by atoms with Crippen molar-refractivity contribution >= 4 is 77.4 Å². The zero-order valence-corrected chi connectivity index (χ0v) is 26.2. The molecule has 3 amide bonds. The number of carbonyl (C=O) groups is 3. The van der Waals surface area contributed by atoms with Gasteiger partial charge in [0, 0.05) is 12.6 Å². The average molecular weight is 682 g/mol. The number of carbonyl (C=O) groups excluding carboxylic acids is 3. The highest BCUT2D eigenvalue weighted by atomic mass is 79.9. The van der Waals surface area contributed by atoms with Crippen LogP contribution < -0.4 is 14.2 Å². The van der Waals surface area contributed by atoms with Crippen molar-refractivity contribution in [1.82, 2.24) is 4.90 Å². The first-order chi connectivity index (χ1) is 20.6. The van der Waals surface area contributed by atoms with Gasteiger partial charge in [0.25, 0.3) is 11.1 Å². The van der Waals surface area contributed by atoms with E-state index in [0.29, 0.717) is 11.3 Å². The molecule has 0 saturated carbocycles. The van der Waals surface area contributed by atoms with Crippen LogP contribution in [0, 0.1) is 0 Å². The highest BCUT2D eigenvalue weighted by Gasteiger charge is 2.35. The third kappa shape index (κ3) is 6.76. The van der Waals surface area contributed by atoms with Crippen molar-refractivity contribution in [3.05, 3.63) is 99.4 Å². The molecule has 12 heteroatoms. The van der Waals surface area contributed by atoms with E-state index in [1.807, 2.05) is 42.5 Å². The number of rotatable bonds is 9. The van der Waals surface area contributed by atoms with Crippen LogP contribution in [0.5, 0.6) is 11.5 Å². The molecule has 0 aromatic heterocycles. The fourth-order valence-electron chi connectivity index (χ4n) is 4.47. The molecule has 1 saturated heterocycles. The predicted octanol–water partition coefficient (Wildman–Crippen LogP) is 6.96. The Hall–Kier alpha value is -4.13. The number of nitrogens with zero attached hydrogens (tertiary/aromatic N) is 1. The molecule has 0 atom stereocenters. The summed E-state index contributed by atoms with van der Waals surface area (Å²) in [4.78, 5) is 38.7. The molecular formula is C31H25BrN2O7S2. The van der Waals surface area contributed by atoms with Crippen molar-refractivity contribution in [2.24, 2.45) is 0 Å². The van der Waals surface area contributed by atoms with Crippen molar-refractivity contribution in [3.8, 4) is 11.5 Å². The summed E-state index contributed by atoms with van der Waals surface area (Å²) in [5.74, 6) is -0.667. The quantitative estimate of drug-likeness (QED) is 0.149. The van der Waals surface area contributed by atoms with E-state index in [1.165, 1.54) is 42.2 Å². The van der Waals surface area contributed by atoms with Gasteiger partial charge in [-0.2, -0.15) is 8.42 Å². The van der Waals surface area contributed by atoms with Crippen LogP contribution in [0.3, 0.4) is 0 Å². The summed E-state index contributed by atoms with van der Waals surface area (Å²) in [5, 5.41) is 4.17. The number of hydrogen-bond donors (Lipinski definition) is 1. The standard InChI is InChI=1S/C31H25BrN2O7S2/c1-3-40-27-16-20(15-26(32)29(27)41-43(38,39)24-13-11-23(12-14-24)33-19(2)35)17-28-30(36)34(31(37)42-28)18-22-9-6-8-21-7-4-5-10-25(21)22/h4-17H,3,18H2,1-2H3,(H,33,35)/b28-17-. The number of anilines is 1. The van der Waals surface area contributed by atoms with Crippen LogP contribution in [-0.2, 0) is 26.3 Å². The Morgan fingerprint density at radius 1 is 1.02 bits per heavy atom. The van der Waals surface area contributed by atoms with Gasteiger partial charge in [-0.25, -0.2) is 0 Å². The number of fused-ring (bicyclic) bond motifs is 1. The Morgan fingerprint density at radius 3 is 2.47 bits per heavy atom. The van der Waals surface area contributed by atoms with Gasteiger partial charge in [0.15, 0.2) is 11.5 Å². The Balaban J connectivity index is 1.40. The van der Waals surface area contributed by atoms with Crippen LogP contribution in [-0.4, -0.2) is 37.0 Å². The molecule has 0 aliphatic carbocycles. The molecule has 220 valence electrons. The summed E-state index contributed by atoms with van der Waals surface area (Å²) < 4.78 is 37.5. The highest BCUT2D eigenvalue weighted by Crippen LogP contribution is 2.41. The van der Waals surface area contributed by atoms with Gasteiger partial charge < -0.3 is 14.2 Å². The molecule has 1 aliphatic heterocycles. The van der Waals surface area contributed by atoms with Crippen LogP contribution in [0.4, 0.5) is 10.5 Å². The largest absolute Gasteiger partial charge is 0.490 e. The Morgan fingerprint density at radius 2 is 1.74 bits per heavy atom. The van der Waals surface area contributed by atoms with Crippen molar-refractivity contribution in [3.63, 3.8) is 0 Å². The zero-order chi connectivity index (χ0) is 30.7. The molecule has 1 aliphatic rings. The Bertz CT molecular complexity index is 1890. The number of ether oxygens (including phenoxy) is 1. The Kier molecular flexibility index (Phi) is 8.90. The minimum absolute atomic E-state index is 0.0750. The lowest BCUT2D eigenvalue weighted by Gasteiger charge is -2.15. The van der Waals surface area contributed by atoms with E-state index in [1.54, 1.807) is 19.1 Å². The van der Waals surface area contributed by atoms with Gasteiger partial charge in [0.1, 0.15) is 4.90 Å². The van der Waals surface area contributed by atoms with Crippen molar-refractivity contribution < 1.29 is 31.7 Å². The first-order valence-corrected chi connectivity index (χ1v) is 16.1. The number of benzene rings is 4. The molecule has 43 heavy (non-hydrogen) atoms. The van der Waals surface area contributed by atoms with E-state index in [-0.39, 0.29) is 50.1 Å². The molecule has 0 bridgehead atoms. The lowest BCUT2D eigenvalue weighted by Crippen LogP contribution is -2.27. The van der Waals surface area contributed by atoms with Gasteiger partial charge in [-0.1, -0.05) is 42.5 Å². The average Bonchev–Trinajstić information content (AvgIpc) is 3.22. The minimum atomic E-state index is -4.27. The number of hydrogen-bond acceptors (Lipinski definition) is 8. The minimum Gasteiger partial charge on any atom is -0.490 e. The zero-order valence-electron chi connectivity index (χ0n) is 23.0. The monoisotopic (exact) mass is 680 g/mol. The maximum atomic E-state index is 13.3. The third-order valence-corrected chi connectivity index (χ3v) is 9.10. The third-order valence-electron chi connectivity index (χ3n) is 6.37. The molecule has 4 aromatic carbocycles. The van der Waals surface area contributed by atoms with Crippen LogP contribution in [0.2, 0.25) is 0 Å². The summed E-state index contributed by atoms with van der Waals surface area (Å²) in [5.41, 5.74) is 1.79. The van der Waals surface area contributed by atoms with E-state index in [9.17, 15) is 22.8 Å². The van der Waals surface area contributed by atoms with Crippen molar-refractivity contribution in [2.45, 2.75) is 25.3 Å². The van der Waals surface area contributed by atoms with Crippen LogP contribution in [0.1, 0.15) is 25.0 Å². The fraction of sp³-hybridized carbons (Fsp3) is 0.129. The van der Waals surface area contributed by atoms with E-state index >= 15 is 0 Å². The summed E-state index contributed by atoms with van der Waals surface area (Å²) >= 11 is 4.20. The molecule has 4 aromatic rings. The molecule has 9 nitrogen and oxygen atoms in total. The maximum absolute atomic E-state index is 13.3. The Labute approximate surface area is 261 Å². The van der Waals surface area contributed by atoms with Crippen LogP contribution in [0.15, 0.2) is 93.1 Å². The fourth-order valence-corrected chi connectivity index (χ4v) is 6.91. The summed E-state index contributed by atoms with van der Waals surface area (Å²) in [6.45, 7) is 3.42. The van der Waals surface area contributed by atoms with Crippen LogP contribution in [0.25, 0.3) is 16.8 Å². The van der Waals surface area contributed by atoms with Gasteiger partial charge in [-0.15, -0.1) is 0 Å². The van der Waals surface area contributed by atoms with E-state index in [4.69, 9.17) is 8.92 Å². The van der Waals surface area contributed by atoms with Gasteiger partial charge in [0.05, 0.1) is 22.5 Å². The first-order valence-electron chi connectivity index (χ1n) is 13.1. The van der Waals surface area contributed by atoms with E-state index < -0.39 is 16.0 Å². The van der Waals surface area contributed by atoms with Gasteiger partial charge in [-0.3, -0.25) is 19.3 Å². The summed E-state index contributed by atoms with van der Waals surface area (Å²) in [6, 6.07) is 22.2.